The molecule has 0 unspecified atom stereocenters. The summed E-state index contributed by atoms with van der Waals surface area (Å²) in [5.41, 5.74) is 3.62. The second-order valence-corrected chi connectivity index (χ2v) is 7.31. The maximum Gasteiger partial charge on any atom is 0.192 e. The van der Waals surface area contributed by atoms with E-state index in [0.29, 0.717) is 0 Å². The summed E-state index contributed by atoms with van der Waals surface area (Å²) in [6, 6.07) is 31.4. The van der Waals surface area contributed by atoms with Gasteiger partial charge in [-0.2, -0.15) is 0 Å². The van der Waals surface area contributed by atoms with Gasteiger partial charge in [-0.05, 0) is 18.1 Å². The monoisotopic (exact) mass is 371 g/mol. The zero-order chi connectivity index (χ0) is 18.5. The van der Waals surface area contributed by atoms with Crippen LogP contribution < -0.4 is 0 Å². The van der Waals surface area contributed by atoms with Crippen molar-refractivity contribution in [2.75, 3.05) is 0 Å². The van der Waals surface area contributed by atoms with E-state index in [4.69, 9.17) is 0 Å². The Labute approximate surface area is 164 Å². The molecular weight excluding hydrogens is 350 g/mol. The molecule has 0 aliphatic heterocycles. The molecule has 1 aromatic heterocycles. The fourth-order valence-corrected chi connectivity index (χ4v) is 4.38. The van der Waals surface area contributed by atoms with Crippen LogP contribution in [0.3, 0.4) is 0 Å². The van der Waals surface area contributed by atoms with Crippen LogP contribution in [0.1, 0.15) is 23.3 Å². The molecule has 1 heterocycles. The van der Waals surface area contributed by atoms with Crippen molar-refractivity contribution in [1.82, 2.24) is 14.8 Å². The molecule has 3 aromatic carbocycles. The Kier molecular flexibility index (Phi) is 5.35. The van der Waals surface area contributed by atoms with Crippen molar-refractivity contribution in [1.29, 1.82) is 0 Å². The van der Waals surface area contributed by atoms with Gasteiger partial charge in [0.05, 0.1) is 5.25 Å². The van der Waals surface area contributed by atoms with Crippen LogP contribution >= 0.6 is 11.8 Å². The van der Waals surface area contributed by atoms with Crippen molar-refractivity contribution in [2.24, 2.45) is 0 Å². The summed E-state index contributed by atoms with van der Waals surface area (Å²) < 4.78 is 2.19. The minimum absolute atomic E-state index is 0.172. The van der Waals surface area contributed by atoms with E-state index in [1.807, 2.05) is 18.2 Å². The van der Waals surface area contributed by atoms with Crippen molar-refractivity contribution in [3.05, 3.63) is 102 Å². The highest BCUT2D eigenvalue weighted by atomic mass is 32.2. The Bertz CT molecular complexity index is 943. The quantitative estimate of drug-likeness (QED) is 0.399. The van der Waals surface area contributed by atoms with E-state index in [2.05, 4.69) is 94.5 Å². The third-order valence-corrected chi connectivity index (χ3v) is 5.79. The number of thioether (sulfide) groups is 1. The molecule has 0 saturated heterocycles. The summed E-state index contributed by atoms with van der Waals surface area (Å²) in [7, 11) is 0. The second-order valence-electron chi connectivity index (χ2n) is 6.24. The fraction of sp³-hybridized carbons (Fsp3) is 0.130. The van der Waals surface area contributed by atoms with E-state index in [9.17, 15) is 0 Å². The summed E-state index contributed by atoms with van der Waals surface area (Å²) >= 11 is 1.75. The van der Waals surface area contributed by atoms with E-state index in [0.717, 1.165) is 23.1 Å². The lowest BCUT2D eigenvalue weighted by Gasteiger charge is -2.17. The normalized spacial score (nSPS) is 11.0. The van der Waals surface area contributed by atoms with Gasteiger partial charge in [-0.25, -0.2) is 0 Å². The highest BCUT2D eigenvalue weighted by molar-refractivity contribution is 7.99. The minimum atomic E-state index is 0.172. The van der Waals surface area contributed by atoms with Gasteiger partial charge < -0.3 is 4.57 Å². The van der Waals surface area contributed by atoms with Gasteiger partial charge in [0.1, 0.15) is 0 Å². The first kappa shape index (κ1) is 17.6. The smallest absolute Gasteiger partial charge is 0.192 e. The number of rotatable bonds is 6. The molecule has 0 saturated carbocycles. The molecule has 0 aliphatic rings. The van der Waals surface area contributed by atoms with Crippen LogP contribution in [-0.4, -0.2) is 14.8 Å². The van der Waals surface area contributed by atoms with E-state index in [-0.39, 0.29) is 5.25 Å². The first-order valence-electron chi connectivity index (χ1n) is 9.12. The van der Waals surface area contributed by atoms with E-state index >= 15 is 0 Å². The first-order chi connectivity index (χ1) is 13.4. The molecule has 0 N–H and O–H groups in total. The van der Waals surface area contributed by atoms with Gasteiger partial charge in [0.25, 0.3) is 0 Å². The Morgan fingerprint density at radius 3 is 1.78 bits per heavy atom. The van der Waals surface area contributed by atoms with Crippen LogP contribution in [0.15, 0.2) is 96.2 Å². The molecule has 134 valence electrons. The minimum Gasteiger partial charge on any atom is -0.302 e. The van der Waals surface area contributed by atoms with Gasteiger partial charge in [-0.3, -0.25) is 0 Å². The van der Waals surface area contributed by atoms with E-state index in [1.165, 1.54) is 11.1 Å². The fourth-order valence-electron chi connectivity index (χ4n) is 3.15. The van der Waals surface area contributed by atoms with Crippen molar-refractivity contribution in [3.8, 4) is 11.4 Å². The van der Waals surface area contributed by atoms with Crippen LogP contribution in [0, 0.1) is 0 Å². The molecule has 4 heteroatoms. The largest absolute Gasteiger partial charge is 0.302 e. The Hall–Kier alpha value is -2.85. The highest BCUT2D eigenvalue weighted by Crippen LogP contribution is 2.40. The predicted octanol–water partition coefficient (Wildman–Crippen LogP) is 5.85. The molecule has 0 amide bonds. The Balaban J connectivity index is 1.73. The van der Waals surface area contributed by atoms with Crippen LogP contribution in [0.25, 0.3) is 11.4 Å². The van der Waals surface area contributed by atoms with Crippen molar-refractivity contribution in [2.45, 2.75) is 23.9 Å². The van der Waals surface area contributed by atoms with E-state index < -0.39 is 0 Å². The summed E-state index contributed by atoms with van der Waals surface area (Å²) in [5.74, 6) is 0.917. The summed E-state index contributed by atoms with van der Waals surface area (Å²) in [6.07, 6.45) is 0. The first-order valence-corrected chi connectivity index (χ1v) is 10.00. The molecule has 0 aliphatic carbocycles. The maximum atomic E-state index is 4.53. The van der Waals surface area contributed by atoms with Crippen LogP contribution in [0.5, 0.6) is 0 Å². The van der Waals surface area contributed by atoms with Gasteiger partial charge in [-0.15, -0.1) is 10.2 Å². The third-order valence-electron chi connectivity index (χ3n) is 4.49. The standard InChI is InChI=1S/C23H21N3S/c1-2-26-22(20-16-10-5-11-17-20)24-25-23(26)27-21(18-12-6-3-7-13-18)19-14-8-4-9-15-19/h3-17,21H,2H2,1H3. The lowest BCUT2D eigenvalue weighted by atomic mass is 10.0. The summed E-state index contributed by atoms with van der Waals surface area (Å²) in [6.45, 7) is 2.97. The zero-order valence-corrected chi connectivity index (χ0v) is 16.0. The SMILES string of the molecule is CCn1c(SC(c2ccccc2)c2ccccc2)nnc1-c1ccccc1. The second kappa shape index (κ2) is 8.23. The molecule has 27 heavy (non-hydrogen) atoms. The Morgan fingerprint density at radius 1 is 0.741 bits per heavy atom. The van der Waals surface area contributed by atoms with Crippen LogP contribution in [-0.2, 0) is 6.54 Å². The predicted molar refractivity (Wildman–Crippen MR) is 112 cm³/mol. The van der Waals surface area contributed by atoms with Gasteiger partial charge in [0.2, 0.25) is 0 Å². The average Bonchev–Trinajstić information content (AvgIpc) is 3.16. The molecule has 0 atom stereocenters. The molecule has 0 spiro atoms. The number of hydrogen-bond donors (Lipinski definition) is 0. The molecule has 0 radical (unpaired) electrons. The molecule has 0 bridgehead atoms. The third kappa shape index (κ3) is 3.81. The van der Waals surface area contributed by atoms with E-state index in [1.54, 1.807) is 11.8 Å². The molecule has 4 rings (SSSR count). The summed E-state index contributed by atoms with van der Waals surface area (Å²) in [4.78, 5) is 0. The molecule has 3 nitrogen and oxygen atoms in total. The highest BCUT2D eigenvalue weighted by Gasteiger charge is 2.21. The lowest BCUT2D eigenvalue weighted by molar-refractivity contribution is 0.686. The number of hydrogen-bond acceptors (Lipinski definition) is 3. The summed E-state index contributed by atoms with van der Waals surface area (Å²) in [5, 5.41) is 10.1. The van der Waals surface area contributed by atoms with Gasteiger partial charge in [0.15, 0.2) is 11.0 Å². The van der Waals surface area contributed by atoms with Crippen molar-refractivity contribution >= 4 is 11.8 Å². The number of nitrogens with zero attached hydrogens (tertiary/aromatic N) is 3. The average molecular weight is 372 g/mol. The van der Waals surface area contributed by atoms with Crippen LogP contribution in [0.2, 0.25) is 0 Å². The van der Waals surface area contributed by atoms with Gasteiger partial charge in [0, 0.05) is 12.1 Å². The van der Waals surface area contributed by atoms with Crippen molar-refractivity contribution < 1.29 is 0 Å². The number of benzene rings is 3. The van der Waals surface area contributed by atoms with Gasteiger partial charge in [-0.1, -0.05) is 103 Å². The lowest BCUT2D eigenvalue weighted by Crippen LogP contribution is -2.03. The topological polar surface area (TPSA) is 30.7 Å². The van der Waals surface area contributed by atoms with Crippen LogP contribution in [0.4, 0.5) is 0 Å². The maximum absolute atomic E-state index is 4.53. The Morgan fingerprint density at radius 2 is 1.26 bits per heavy atom. The zero-order valence-electron chi connectivity index (χ0n) is 15.2. The van der Waals surface area contributed by atoms with Gasteiger partial charge >= 0.3 is 0 Å². The molecular formula is C23H21N3S. The molecule has 4 aromatic rings. The number of aromatic nitrogens is 3. The van der Waals surface area contributed by atoms with Crippen molar-refractivity contribution in [3.63, 3.8) is 0 Å². The molecule has 0 fully saturated rings.